The van der Waals surface area contributed by atoms with E-state index in [1.165, 1.54) is 7.11 Å². The Bertz CT molecular complexity index is 191. The van der Waals surface area contributed by atoms with Crippen molar-refractivity contribution in [3.63, 3.8) is 0 Å². The van der Waals surface area contributed by atoms with Crippen LogP contribution in [-0.2, 0) is 9.53 Å². The average molecular weight is 234 g/mol. The summed E-state index contributed by atoms with van der Waals surface area (Å²) in [6.45, 7) is 3.14. The minimum absolute atomic E-state index is 0.0459. The number of rotatable bonds is 5. The van der Waals surface area contributed by atoms with Gasteiger partial charge in [0, 0.05) is 5.88 Å². The number of ether oxygens (including phenoxy) is 1. The standard InChI is InChI=1S/C11H20ClNO2/c1-15-11(14)10-4-8-13(9-5-10)7-3-2-6-12/h10H,2-9H2,1H3. The second-order valence-corrected chi connectivity index (χ2v) is 4.41. The van der Waals surface area contributed by atoms with Crippen LogP contribution in [0.25, 0.3) is 0 Å². The Morgan fingerprint density at radius 2 is 2.07 bits per heavy atom. The molecule has 1 heterocycles. The molecule has 1 aliphatic rings. The molecule has 0 saturated carbocycles. The normalized spacial score (nSPS) is 19.1. The minimum atomic E-state index is -0.0459. The molecule has 88 valence electrons. The van der Waals surface area contributed by atoms with E-state index in [1.807, 2.05) is 0 Å². The lowest BCUT2D eigenvalue weighted by atomic mass is 9.97. The van der Waals surface area contributed by atoms with Gasteiger partial charge in [0.15, 0.2) is 0 Å². The van der Waals surface area contributed by atoms with Crippen LogP contribution in [0.1, 0.15) is 25.7 Å². The molecule has 1 fully saturated rings. The number of esters is 1. The number of nitrogens with zero attached hydrogens (tertiary/aromatic N) is 1. The molecule has 0 atom stereocenters. The van der Waals surface area contributed by atoms with Gasteiger partial charge in [-0.1, -0.05) is 0 Å². The zero-order chi connectivity index (χ0) is 11.1. The van der Waals surface area contributed by atoms with Gasteiger partial charge in [0.1, 0.15) is 0 Å². The van der Waals surface area contributed by atoms with Gasteiger partial charge < -0.3 is 9.64 Å². The highest BCUT2D eigenvalue weighted by atomic mass is 35.5. The van der Waals surface area contributed by atoms with Crippen LogP contribution >= 0.6 is 11.6 Å². The smallest absolute Gasteiger partial charge is 0.308 e. The summed E-state index contributed by atoms with van der Waals surface area (Å²) in [6, 6.07) is 0. The van der Waals surface area contributed by atoms with Gasteiger partial charge in [0.2, 0.25) is 0 Å². The third-order valence-electron chi connectivity index (χ3n) is 2.98. The van der Waals surface area contributed by atoms with Crippen LogP contribution in [0.2, 0.25) is 0 Å². The molecule has 4 heteroatoms. The van der Waals surface area contributed by atoms with E-state index in [-0.39, 0.29) is 11.9 Å². The summed E-state index contributed by atoms with van der Waals surface area (Å²) in [5, 5.41) is 0. The molecule has 15 heavy (non-hydrogen) atoms. The third-order valence-corrected chi connectivity index (χ3v) is 3.25. The summed E-state index contributed by atoms with van der Waals surface area (Å²) in [4.78, 5) is 13.7. The highest BCUT2D eigenvalue weighted by molar-refractivity contribution is 6.17. The molecule has 1 saturated heterocycles. The predicted octanol–water partition coefficient (Wildman–Crippen LogP) is 1.89. The van der Waals surface area contributed by atoms with Crippen molar-refractivity contribution in [2.75, 3.05) is 32.6 Å². The lowest BCUT2D eigenvalue weighted by Crippen LogP contribution is -2.37. The number of alkyl halides is 1. The van der Waals surface area contributed by atoms with Gasteiger partial charge in [-0.25, -0.2) is 0 Å². The monoisotopic (exact) mass is 233 g/mol. The Hall–Kier alpha value is -0.280. The molecule has 0 bridgehead atoms. The number of hydrogen-bond acceptors (Lipinski definition) is 3. The zero-order valence-electron chi connectivity index (χ0n) is 9.38. The minimum Gasteiger partial charge on any atom is -0.469 e. The van der Waals surface area contributed by atoms with Crippen molar-refractivity contribution < 1.29 is 9.53 Å². The predicted molar refractivity (Wildman–Crippen MR) is 61.1 cm³/mol. The molecule has 1 rings (SSSR count). The lowest BCUT2D eigenvalue weighted by molar-refractivity contribution is -0.147. The number of carbonyl (C=O) groups is 1. The molecule has 0 radical (unpaired) electrons. The fourth-order valence-electron chi connectivity index (χ4n) is 1.99. The Balaban J connectivity index is 2.15. The molecule has 3 nitrogen and oxygen atoms in total. The Labute approximate surface area is 96.7 Å². The van der Waals surface area contributed by atoms with Crippen LogP contribution in [0.4, 0.5) is 0 Å². The van der Waals surface area contributed by atoms with Crippen molar-refractivity contribution >= 4 is 17.6 Å². The van der Waals surface area contributed by atoms with Crippen molar-refractivity contribution in [3.8, 4) is 0 Å². The SMILES string of the molecule is COC(=O)C1CCN(CCCCCl)CC1. The molecule has 0 aliphatic carbocycles. The molecule has 1 aliphatic heterocycles. The molecule has 0 spiro atoms. The van der Waals surface area contributed by atoms with E-state index in [2.05, 4.69) is 4.90 Å². The van der Waals surface area contributed by atoms with Gasteiger partial charge >= 0.3 is 5.97 Å². The van der Waals surface area contributed by atoms with Gasteiger partial charge in [0.25, 0.3) is 0 Å². The summed E-state index contributed by atoms with van der Waals surface area (Å²) in [7, 11) is 1.47. The van der Waals surface area contributed by atoms with Gasteiger partial charge in [-0.15, -0.1) is 11.6 Å². The fraction of sp³-hybridized carbons (Fsp3) is 0.909. The van der Waals surface area contributed by atoms with E-state index in [9.17, 15) is 4.79 Å². The second-order valence-electron chi connectivity index (χ2n) is 4.04. The van der Waals surface area contributed by atoms with Crippen LogP contribution in [0.15, 0.2) is 0 Å². The maximum absolute atomic E-state index is 11.3. The van der Waals surface area contributed by atoms with Crippen molar-refractivity contribution in [1.29, 1.82) is 0 Å². The molecule has 0 N–H and O–H groups in total. The summed E-state index contributed by atoms with van der Waals surface area (Å²) in [6.07, 6.45) is 4.12. The van der Waals surface area contributed by atoms with E-state index >= 15 is 0 Å². The largest absolute Gasteiger partial charge is 0.469 e. The number of piperidine rings is 1. The van der Waals surface area contributed by atoms with Gasteiger partial charge in [-0.3, -0.25) is 4.79 Å². The van der Waals surface area contributed by atoms with E-state index in [0.29, 0.717) is 0 Å². The first kappa shape index (κ1) is 12.8. The zero-order valence-corrected chi connectivity index (χ0v) is 10.1. The number of likely N-dealkylation sites (tertiary alicyclic amines) is 1. The first-order chi connectivity index (χ1) is 7.27. The maximum Gasteiger partial charge on any atom is 0.308 e. The molecule has 0 aromatic carbocycles. The van der Waals surface area contributed by atoms with Crippen molar-refractivity contribution in [2.45, 2.75) is 25.7 Å². The highest BCUT2D eigenvalue weighted by Gasteiger charge is 2.24. The number of methoxy groups -OCH3 is 1. The number of hydrogen-bond donors (Lipinski definition) is 0. The van der Waals surface area contributed by atoms with E-state index < -0.39 is 0 Å². The molecule has 0 amide bonds. The van der Waals surface area contributed by atoms with Crippen molar-refractivity contribution in [2.24, 2.45) is 5.92 Å². The van der Waals surface area contributed by atoms with Crippen LogP contribution in [-0.4, -0.2) is 43.5 Å². The maximum atomic E-state index is 11.3. The third kappa shape index (κ3) is 4.39. The van der Waals surface area contributed by atoms with Gasteiger partial charge in [0.05, 0.1) is 13.0 Å². The summed E-state index contributed by atoms with van der Waals surface area (Å²) in [5.74, 6) is 0.827. The summed E-state index contributed by atoms with van der Waals surface area (Å²) >= 11 is 5.62. The van der Waals surface area contributed by atoms with E-state index in [4.69, 9.17) is 16.3 Å². The summed E-state index contributed by atoms with van der Waals surface area (Å²) < 4.78 is 4.75. The van der Waals surface area contributed by atoms with Gasteiger partial charge in [-0.05, 0) is 45.3 Å². The van der Waals surface area contributed by atoms with Crippen molar-refractivity contribution in [1.82, 2.24) is 4.90 Å². The number of halogens is 1. The van der Waals surface area contributed by atoms with Gasteiger partial charge in [-0.2, -0.15) is 0 Å². The first-order valence-electron chi connectivity index (χ1n) is 5.64. The fourth-order valence-corrected chi connectivity index (χ4v) is 2.18. The first-order valence-corrected chi connectivity index (χ1v) is 6.17. The number of carbonyl (C=O) groups excluding carboxylic acids is 1. The number of unbranched alkanes of at least 4 members (excludes halogenated alkanes) is 1. The lowest BCUT2D eigenvalue weighted by Gasteiger charge is -2.30. The molecular formula is C11H20ClNO2. The molecule has 0 aromatic heterocycles. The highest BCUT2D eigenvalue weighted by Crippen LogP contribution is 2.18. The quantitative estimate of drug-likeness (QED) is 0.413. The Morgan fingerprint density at radius 1 is 1.40 bits per heavy atom. The van der Waals surface area contributed by atoms with Crippen LogP contribution in [0.5, 0.6) is 0 Å². The Kier molecular flexibility index (Phi) is 6.03. The molecule has 0 aromatic rings. The van der Waals surface area contributed by atoms with E-state index in [0.717, 1.165) is 51.2 Å². The Morgan fingerprint density at radius 3 is 2.60 bits per heavy atom. The van der Waals surface area contributed by atoms with Crippen LogP contribution < -0.4 is 0 Å². The van der Waals surface area contributed by atoms with Crippen LogP contribution in [0.3, 0.4) is 0 Å². The second kappa shape index (κ2) is 7.07. The van der Waals surface area contributed by atoms with E-state index in [1.54, 1.807) is 0 Å². The molecule has 0 unspecified atom stereocenters. The topological polar surface area (TPSA) is 29.5 Å². The average Bonchev–Trinajstić information content (AvgIpc) is 2.29. The van der Waals surface area contributed by atoms with Crippen LogP contribution in [0, 0.1) is 5.92 Å². The molecular weight excluding hydrogens is 214 g/mol. The summed E-state index contributed by atoms with van der Waals surface area (Å²) in [5.41, 5.74) is 0. The van der Waals surface area contributed by atoms with Crippen molar-refractivity contribution in [3.05, 3.63) is 0 Å².